The number of hydrogen-bond donors (Lipinski definition) is 1. The summed E-state index contributed by atoms with van der Waals surface area (Å²) in [4.78, 5) is 28.2. The van der Waals surface area contributed by atoms with Crippen LogP contribution in [0.15, 0.2) is 60.7 Å². The lowest BCUT2D eigenvalue weighted by molar-refractivity contribution is 0.0696. The molecule has 6 aromatic rings. The van der Waals surface area contributed by atoms with Crippen LogP contribution < -0.4 is 9.64 Å². The van der Waals surface area contributed by atoms with Crippen molar-refractivity contribution < 1.29 is 19.4 Å². The van der Waals surface area contributed by atoms with Gasteiger partial charge in [-0.25, -0.2) is 4.79 Å². The molecule has 7 rings (SSSR count). The van der Waals surface area contributed by atoms with Crippen molar-refractivity contribution >= 4 is 62.4 Å². The summed E-state index contributed by atoms with van der Waals surface area (Å²) in [6.07, 6.45) is 1.29. The molecule has 8 nitrogen and oxygen atoms in total. The molecule has 0 saturated heterocycles. The Labute approximate surface area is 300 Å². The van der Waals surface area contributed by atoms with Crippen LogP contribution in [0.5, 0.6) is 5.75 Å². The van der Waals surface area contributed by atoms with E-state index in [2.05, 4.69) is 11.5 Å². The molecule has 1 N–H and O–H groups in total. The predicted molar refractivity (Wildman–Crippen MR) is 201 cm³/mol. The zero-order chi connectivity index (χ0) is 35.6. The molecule has 4 aromatic carbocycles. The SMILES string of the molecule is Cc1cc(OCCCc2c3n(c4c(-c5c(C)nn(C)c5C)c(Cl)ccc24)[C@H](C)CN(c2ccc4cc(C(=O)O)ccc4c2)C3=O)cc(C)c1Cl. The first-order chi connectivity index (χ1) is 23.8. The van der Waals surface area contributed by atoms with Crippen LogP contribution in [0.2, 0.25) is 10.0 Å². The van der Waals surface area contributed by atoms with Crippen LogP contribution in [0.1, 0.15) is 68.3 Å². The number of aromatic carboxylic acids is 1. The first-order valence-corrected chi connectivity index (χ1v) is 17.5. The molecule has 0 radical (unpaired) electrons. The van der Waals surface area contributed by atoms with Gasteiger partial charge in [-0.1, -0.05) is 41.4 Å². The van der Waals surface area contributed by atoms with Crippen molar-refractivity contribution in [3.63, 3.8) is 0 Å². The van der Waals surface area contributed by atoms with E-state index >= 15 is 0 Å². The monoisotopic (exact) mass is 708 g/mol. The maximum Gasteiger partial charge on any atom is 0.335 e. The van der Waals surface area contributed by atoms with E-state index in [0.717, 1.165) is 77.3 Å². The van der Waals surface area contributed by atoms with E-state index in [0.29, 0.717) is 36.7 Å². The number of halogens is 2. The summed E-state index contributed by atoms with van der Waals surface area (Å²) in [7, 11) is 1.93. The zero-order valence-corrected chi connectivity index (χ0v) is 30.4. The first-order valence-electron chi connectivity index (χ1n) is 16.7. The standard InChI is InChI=1S/C40H38Cl2N4O4/c1-21-16-30(17-22(2)36(21)42)50-15-7-8-31-32-13-14-33(41)35(34-24(4)43-44(6)25(34)5)37(32)46-23(3)20-45(39(47)38(31)46)29-12-11-26-18-28(40(48)49)10-9-27(26)19-29/h9-14,16-19,23H,7-8,15,20H2,1-6H3,(H,48,49)/t23-/m1/s1. The molecule has 10 heteroatoms. The number of benzene rings is 4. The van der Waals surface area contributed by atoms with Gasteiger partial charge in [0.05, 0.1) is 28.4 Å². The fourth-order valence-electron chi connectivity index (χ4n) is 7.49. The number of rotatable bonds is 8. The second kappa shape index (κ2) is 12.8. The quantitative estimate of drug-likeness (QED) is 0.159. The topological polar surface area (TPSA) is 89.6 Å². The van der Waals surface area contributed by atoms with E-state index in [1.807, 2.05) is 86.8 Å². The van der Waals surface area contributed by atoms with Crippen molar-refractivity contribution in [2.24, 2.45) is 7.05 Å². The highest BCUT2D eigenvalue weighted by atomic mass is 35.5. The average Bonchev–Trinajstić information content (AvgIpc) is 3.55. The van der Waals surface area contributed by atoms with Crippen molar-refractivity contribution in [1.82, 2.24) is 14.3 Å². The molecule has 0 spiro atoms. The average molecular weight is 710 g/mol. The predicted octanol–water partition coefficient (Wildman–Crippen LogP) is 9.67. The molecule has 0 aliphatic carbocycles. The summed E-state index contributed by atoms with van der Waals surface area (Å²) >= 11 is 13.4. The van der Waals surface area contributed by atoms with E-state index in [1.54, 1.807) is 18.2 Å². The van der Waals surface area contributed by atoms with Gasteiger partial charge in [0, 0.05) is 52.6 Å². The van der Waals surface area contributed by atoms with Crippen LogP contribution in [-0.2, 0) is 13.5 Å². The Balaban J connectivity index is 1.34. The first kappa shape index (κ1) is 33.7. The Kier molecular flexibility index (Phi) is 8.65. The maximum absolute atomic E-state index is 14.8. The van der Waals surface area contributed by atoms with Gasteiger partial charge >= 0.3 is 5.97 Å². The number of hydrogen-bond acceptors (Lipinski definition) is 4. The van der Waals surface area contributed by atoms with E-state index in [4.69, 9.17) is 33.0 Å². The minimum atomic E-state index is -0.976. The highest BCUT2D eigenvalue weighted by Gasteiger charge is 2.36. The van der Waals surface area contributed by atoms with Gasteiger partial charge in [0.1, 0.15) is 11.4 Å². The number of carbonyl (C=O) groups is 2. The summed E-state index contributed by atoms with van der Waals surface area (Å²) in [6, 6.07) is 18.5. The van der Waals surface area contributed by atoms with Crippen molar-refractivity contribution in [3.8, 4) is 16.9 Å². The van der Waals surface area contributed by atoms with Crippen LogP contribution in [0.25, 0.3) is 32.8 Å². The second-order valence-corrected chi connectivity index (χ2v) is 14.1. The number of ether oxygens (including phenoxy) is 1. The number of aryl methyl sites for hydroxylation is 5. The molecule has 0 unspecified atom stereocenters. The van der Waals surface area contributed by atoms with Crippen LogP contribution >= 0.6 is 23.2 Å². The number of amides is 1. The molecule has 1 aliphatic rings. The lowest BCUT2D eigenvalue weighted by Crippen LogP contribution is -2.42. The highest BCUT2D eigenvalue weighted by Crippen LogP contribution is 2.45. The van der Waals surface area contributed by atoms with Gasteiger partial charge < -0.3 is 19.3 Å². The van der Waals surface area contributed by atoms with Gasteiger partial charge in [0.25, 0.3) is 5.91 Å². The molecule has 256 valence electrons. The summed E-state index contributed by atoms with van der Waals surface area (Å²) in [5, 5.41) is 18.2. The molecule has 0 saturated carbocycles. The van der Waals surface area contributed by atoms with E-state index < -0.39 is 5.97 Å². The number of anilines is 1. The lowest BCUT2D eigenvalue weighted by atomic mass is 9.98. The minimum Gasteiger partial charge on any atom is -0.494 e. The number of fused-ring (bicyclic) bond motifs is 4. The third kappa shape index (κ3) is 5.60. The van der Waals surface area contributed by atoms with Gasteiger partial charge in [-0.2, -0.15) is 5.10 Å². The third-order valence-corrected chi connectivity index (χ3v) is 10.9. The highest BCUT2D eigenvalue weighted by molar-refractivity contribution is 6.35. The van der Waals surface area contributed by atoms with E-state index in [-0.39, 0.29) is 17.5 Å². The maximum atomic E-state index is 14.8. The van der Waals surface area contributed by atoms with Crippen LogP contribution in [0.3, 0.4) is 0 Å². The Hall–Kier alpha value is -4.79. The summed E-state index contributed by atoms with van der Waals surface area (Å²) < 4.78 is 10.2. The smallest absolute Gasteiger partial charge is 0.335 e. The van der Waals surface area contributed by atoms with Gasteiger partial charge in [-0.3, -0.25) is 9.48 Å². The molecule has 2 aromatic heterocycles. The zero-order valence-electron chi connectivity index (χ0n) is 28.9. The molecular formula is C40H38Cl2N4O4. The molecule has 1 atom stereocenters. The van der Waals surface area contributed by atoms with Crippen molar-refractivity contribution in [2.45, 2.75) is 53.5 Å². The van der Waals surface area contributed by atoms with Gasteiger partial charge in [0.15, 0.2) is 0 Å². The molecule has 1 amide bonds. The Morgan fingerprint density at radius 1 is 0.960 bits per heavy atom. The number of carboxylic acids is 1. The lowest BCUT2D eigenvalue weighted by Gasteiger charge is -2.34. The normalized spacial score (nSPS) is 14.5. The van der Waals surface area contributed by atoms with Gasteiger partial charge in [-0.15, -0.1) is 0 Å². The van der Waals surface area contributed by atoms with E-state index in [9.17, 15) is 14.7 Å². The molecule has 3 heterocycles. The third-order valence-electron chi connectivity index (χ3n) is 9.95. The molecule has 0 fully saturated rings. The van der Waals surface area contributed by atoms with Gasteiger partial charge in [-0.05, 0) is 117 Å². The molecule has 1 aliphatic heterocycles. The molecule has 50 heavy (non-hydrogen) atoms. The van der Waals surface area contributed by atoms with Crippen molar-refractivity contribution in [1.29, 1.82) is 0 Å². The summed E-state index contributed by atoms with van der Waals surface area (Å²) in [5.41, 5.74) is 9.18. The minimum absolute atomic E-state index is 0.0881. The van der Waals surface area contributed by atoms with Crippen LogP contribution in [-0.4, -0.2) is 44.5 Å². The Bertz CT molecular complexity index is 2350. The Morgan fingerprint density at radius 2 is 1.66 bits per heavy atom. The second-order valence-electron chi connectivity index (χ2n) is 13.3. The molecule has 0 bridgehead atoms. The molecular weight excluding hydrogens is 671 g/mol. The fourth-order valence-corrected chi connectivity index (χ4v) is 7.84. The fraction of sp³-hybridized carbons (Fsp3) is 0.275. The van der Waals surface area contributed by atoms with E-state index in [1.165, 1.54) is 0 Å². The summed E-state index contributed by atoms with van der Waals surface area (Å²) in [5.74, 6) is -0.300. The largest absolute Gasteiger partial charge is 0.494 e. The van der Waals surface area contributed by atoms with Gasteiger partial charge in [0.2, 0.25) is 0 Å². The van der Waals surface area contributed by atoms with Crippen molar-refractivity contribution in [2.75, 3.05) is 18.1 Å². The number of carboxylic acid groups (broad SMARTS) is 1. The van der Waals surface area contributed by atoms with Crippen LogP contribution in [0, 0.1) is 27.7 Å². The summed E-state index contributed by atoms with van der Waals surface area (Å²) in [6.45, 7) is 11.0. The Morgan fingerprint density at radius 3 is 2.34 bits per heavy atom. The number of carbonyl (C=O) groups excluding carboxylic acids is 1. The number of nitrogens with zero attached hydrogens (tertiary/aromatic N) is 4. The van der Waals surface area contributed by atoms with Crippen LogP contribution in [0.4, 0.5) is 5.69 Å². The number of aromatic nitrogens is 3. The van der Waals surface area contributed by atoms with Crippen molar-refractivity contribution in [3.05, 3.63) is 110 Å².